The summed E-state index contributed by atoms with van der Waals surface area (Å²) in [6.07, 6.45) is 4.91. The molecular weight excluding hydrogens is 333 g/mol. The van der Waals surface area contributed by atoms with E-state index in [9.17, 15) is 14.3 Å². The summed E-state index contributed by atoms with van der Waals surface area (Å²) in [4.78, 5) is 18.5. The molecule has 3 heterocycles. The van der Waals surface area contributed by atoms with Gasteiger partial charge in [0.2, 0.25) is 0 Å². The third-order valence-corrected chi connectivity index (χ3v) is 5.08. The molecule has 26 heavy (non-hydrogen) atoms. The average molecular weight is 351 g/mol. The van der Waals surface area contributed by atoms with Crippen LogP contribution >= 0.6 is 0 Å². The van der Waals surface area contributed by atoms with Crippen molar-refractivity contribution in [3.8, 4) is 11.1 Å². The topological polar surface area (TPSA) is 70.9 Å². The number of aromatic amines is 1. The molecule has 0 bridgehead atoms. The lowest BCUT2D eigenvalue weighted by molar-refractivity contribution is -0.142. The van der Waals surface area contributed by atoms with Gasteiger partial charge in [-0.3, -0.25) is 4.79 Å². The van der Waals surface area contributed by atoms with Crippen LogP contribution in [0, 0.1) is 11.7 Å². The predicted octanol–water partition coefficient (Wildman–Crippen LogP) is 4.61. The highest BCUT2D eigenvalue weighted by Crippen LogP contribution is 2.32. The molecule has 2 N–H and O–H groups in total. The van der Waals surface area contributed by atoms with Crippen molar-refractivity contribution in [2.24, 2.45) is 5.92 Å². The molecule has 0 spiro atoms. The number of H-pyrrole nitrogens is 1. The van der Waals surface area contributed by atoms with E-state index in [4.69, 9.17) is 0 Å². The quantitative estimate of drug-likeness (QED) is 0.564. The Morgan fingerprint density at radius 2 is 2.08 bits per heavy atom. The highest BCUT2D eigenvalue weighted by atomic mass is 19.1. The number of hydrogen-bond donors (Lipinski definition) is 2. The van der Waals surface area contributed by atoms with E-state index >= 15 is 0 Å². The van der Waals surface area contributed by atoms with E-state index in [0.717, 1.165) is 27.4 Å². The van der Waals surface area contributed by atoms with Crippen molar-refractivity contribution in [1.29, 1.82) is 0 Å². The Kier molecular flexibility index (Phi) is 3.76. The summed E-state index contributed by atoms with van der Waals surface area (Å²) in [5.41, 5.74) is 3.36. The fourth-order valence-corrected chi connectivity index (χ4v) is 3.34. The molecule has 0 fully saturated rings. The van der Waals surface area contributed by atoms with Crippen LogP contribution in [0.1, 0.15) is 19.9 Å². The zero-order valence-electron chi connectivity index (χ0n) is 14.4. The average Bonchev–Trinajstić information content (AvgIpc) is 3.23. The number of nitrogens with one attached hydrogen (secondary N) is 1. The Hall–Kier alpha value is -3.15. The Balaban J connectivity index is 1.86. The molecule has 0 aliphatic carbocycles. The second-order valence-corrected chi connectivity index (χ2v) is 6.62. The summed E-state index contributed by atoms with van der Waals surface area (Å²) in [6, 6.07) is 9.22. The monoisotopic (exact) mass is 351 g/mol. The van der Waals surface area contributed by atoms with Gasteiger partial charge in [-0.25, -0.2) is 9.37 Å². The van der Waals surface area contributed by atoms with Crippen molar-refractivity contribution < 1.29 is 14.3 Å². The van der Waals surface area contributed by atoms with Crippen molar-refractivity contribution >= 4 is 27.9 Å². The molecule has 1 aromatic carbocycles. The van der Waals surface area contributed by atoms with E-state index in [0.29, 0.717) is 5.65 Å². The Morgan fingerprint density at radius 3 is 2.85 bits per heavy atom. The van der Waals surface area contributed by atoms with E-state index < -0.39 is 11.9 Å². The summed E-state index contributed by atoms with van der Waals surface area (Å²) in [7, 11) is 0. The van der Waals surface area contributed by atoms with Gasteiger partial charge >= 0.3 is 5.97 Å². The van der Waals surface area contributed by atoms with Gasteiger partial charge in [-0.2, -0.15) is 0 Å². The second-order valence-electron chi connectivity index (χ2n) is 6.62. The van der Waals surface area contributed by atoms with E-state index in [1.54, 1.807) is 6.92 Å². The first-order chi connectivity index (χ1) is 12.5. The molecule has 6 heteroatoms. The molecule has 4 rings (SSSR count). The first kappa shape index (κ1) is 16.3. The van der Waals surface area contributed by atoms with E-state index in [2.05, 4.69) is 9.97 Å². The van der Waals surface area contributed by atoms with Gasteiger partial charge in [0, 0.05) is 34.9 Å². The summed E-state index contributed by atoms with van der Waals surface area (Å²) >= 11 is 0. The van der Waals surface area contributed by atoms with Crippen molar-refractivity contribution in [2.45, 2.75) is 19.9 Å². The zero-order valence-corrected chi connectivity index (χ0v) is 14.4. The lowest BCUT2D eigenvalue weighted by Gasteiger charge is -2.19. The van der Waals surface area contributed by atoms with E-state index in [1.165, 1.54) is 12.3 Å². The van der Waals surface area contributed by atoms with E-state index in [1.807, 2.05) is 48.1 Å². The van der Waals surface area contributed by atoms with Gasteiger partial charge in [-0.15, -0.1) is 0 Å². The summed E-state index contributed by atoms with van der Waals surface area (Å²) in [6.45, 7) is 3.60. The van der Waals surface area contributed by atoms with Crippen LogP contribution in [0.15, 0.2) is 48.9 Å². The number of carbonyl (C=O) groups is 1. The van der Waals surface area contributed by atoms with Crippen molar-refractivity contribution in [2.75, 3.05) is 0 Å². The number of hydrogen-bond acceptors (Lipinski definition) is 2. The SMILES string of the molecule is C[C@H]([C@@H](C)C(=O)O)n1ccc2ccc(-c3c[nH]c4ncc(F)cc34)cc21. The molecule has 0 aliphatic heterocycles. The lowest BCUT2D eigenvalue weighted by Crippen LogP contribution is -2.21. The Bertz CT molecular complexity index is 1130. The van der Waals surface area contributed by atoms with Crippen LogP contribution < -0.4 is 0 Å². The van der Waals surface area contributed by atoms with Crippen LogP contribution in [0.2, 0.25) is 0 Å². The number of benzene rings is 1. The highest BCUT2D eigenvalue weighted by Gasteiger charge is 2.22. The number of carboxylic acid groups (broad SMARTS) is 1. The molecule has 4 aromatic rings. The molecule has 5 nitrogen and oxygen atoms in total. The first-order valence-corrected chi connectivity index (χ1v) is 8.42. The minimum absolute atomic E-state index is 0.192. The molecule has 0 saturated carbocycles. The van der Waals surface area contributed by atoms with Gasteiger partial charge in [0.15, 0.2) is 0 Å². The molecule has 0 aliphatic rings. The van der Waals surface area contributed by atoms with Gasteiger partial charge in [0.05, 0.1) is 12.1 Å². The lowest BCUT2D eigenvalue weighted by atomic mass is 10.0. The minimum atomic E-state index is -0.825. The van der Waals surface area contributed by atoms with Crippen LogP contribution in [-0.4, -0.2) is 25.6 Å². The van der Waals surface area contributed by atoms with Crippen LogP contribution in [0.5, 0.6) is 0 Å². The van der Waals surface area contributed by atoms with E-state index in [-0.39, 0.29) is 11.9 Å². The predicted molar refractivity (Wildman–Crippen MR) is 98.5 cm³/mol. The van der Waals surface area contributed by atoms with Crippen LogP contribution in [0.4, 0.5) is 4.39 Å². The standard InChI is InChI=1S/C20H18FN3O2/c1-11(20(25)26)12(2)24-6-5-13-3-4-14(7-18(13)24)17-10-23-19-16(17)8-15(21)9-22-19/h3-12H,1-2H3,(H,22,23)(H,25,26)/t11-,12-/m1/s1. The summed E-state index contributed by atoms with van der Waals surface area (Å²) in [5, 5.41) is 11.1. The van der Waals surface area contributed by atoms with Crippen LogP contribution in [0.3, 0.4) is 0 Å². The molecule has 0 radical (unpaired) electrons. The maximum atomic E-state index is 13.6. The van der Waals surface area contributed by atoms with Crippen molar-refractivity contribution in [3.63, 3.8) is 0 Å². The zero-order chi connectivity index (χ0) is 18.4. The van der Waals surface area contributed by atoms with Crippen molar-refractivity contribution in [3.05, 3.63) is 54.7 Å². The summed E-state index contributed by atoms with van der Waals surface area (Å²) < 4.78 is 15.6. The van der Waals surface area contributed by atoms with Gasteiger partial charge < -0.3 is 14.7 Å². The number of pyridine rings is 1. The van der Waals surface area contributed by atoms with Crippen LogP contribution in [0.25, 0.3) is 33.1 Å². The molecule has 0 amide bonds. The summed E-state index contributed by atoms with van der Waals surface area (Å²) in [5.74, 6) is -1.72. The number of aromatic nitrogens is 3. The van der Waals surface area contributed by atoms with Gasteiger partial charge in [0.1, 0.15) is 11.5 Å². The molecule has 2 atom stereocenters. The number of halogens is 1. The fraction of sp³-hybridized carbons (Fsp3) is 0.200. The number of carboxylic acids is 1. The first-order valence-electron chi connectivity index (χ1n) is 8.42. The normalized spacial score (nSPS) is 14.0. The largest absolute Gasteiger partial charge is 0.481 e. The van der Waals surface area contributed by atoms with Gasteiger partial charge in [0.25, 0.3) is 0 Å². The minimum Gasteiger partial charge on any atom is -0.481 e. The second kappa shape index (κ2) is 5.98. The number of nitrogens with zero attached hydrogens (tertiary/aromatic N) is 2. The van der Waals surface area contributed by atoms with Gasteiger partial charge in [-0.1, -0.05) is 12.1 Å². The van der Waals surface area contributed by atoms with Crippen molar-refractivity contribution in [1.82, 2.24) is 14.5 Å². The Labute approximate surface area is 149 Å². The maximum absolute atomic E-state index is 13.6. The third-order valence-electron chi connectivity index (χ3n) is 5.08. The smallest absolute Gasteiger partial charge is 0.308 e. The maximum Gasteiger partial charge on any atom is 0.308 e. The number of fused-ring (bicyclic) bond motifs is 2. The molecule has 132 valence electrons. The molecule has 0 saturated heterocycles. The third kappa shape index (κ3) is 2.54. The number of aliphatic carboxylic acids is 1. The fourth-order valence-electron chi connectivity index (χ4n) is 3.34. The van der Waals surface area contributed by atoms with Crippen LogP contribution in [-0.2, 0) is 4.79 Å². The van der Waals surface area contributed by atoms with Gasteiger partial charge in [-0.05, 0) is 43.0 Å². The molecule has 3 aromatic heterocycles. The highest BCUT2D eigenvalue weighted by molar-refractivity contribution is 5.96. The molecular formula is C20H18FN3O2. The molecule has 0 unspecified atom stereocenters. The number of rotatable bonds is 4. The Morgan fingerprint density at radius 1 is 1.27 bits per heavy atom.